The van der Waals surface area contributed by atoms with Crippen LogP contribution in [0.2, 0.25) is 0 Å². The predicted octanol–water partition coefficient (Wildman–Crippen LogP) is 1.86. The third-order valence-electron chi connectivity index (χ3n) is 5.24. The molecular formula is C19H27N2O3+. The Morgan fingerprint density at radius 1 is 1.17 bits per heavy atom. The van der Waals surface area contributed by atoms with Crippen molar-refractivity contribution < 1.29 is 19.6 Å². The average molecular weight is 331 g/mol. The lowest BCUT2D eigenvalue weighted by Gasteiger charge is -2.28. The minimum absolute atomic E-state index is 0.0815. The Hall–Kier alpha value is -1.88. The highest BCUT2D eigenvalue weighted by atomic mass is 16.5. The molecule has 1 aliphatic carbocycles. The summed E-state index contributed by atoms with van der Waals surface area (Å²) in [4.78, 5) is 26.5. The number of amides is 2. The maximum Gasteiger partial charge on any atom is 0.292 e. The molecular weight excluding hydrogens is 304 g/mol. The number of hydrogen-bond acceptors (Lipinski definition) is 3. The molecule has 1 aromatic carbocycles. The fourth-order valence-electron chi connectivity index (χ4n) is 3.86. The van der Waals surface area contributed by atoms with Gasteiger partial charge in [0.25, 0.3) is 5.91 Å². The van der Waals surface area contributed by atoms with Gasteiger partial charge in [0.1, 0.15) is 5.75 Å². The van der Waals surface area contributed by atoms with Crippen molar-refractivity contribution in [3.8, 4) is 5.75 Å². The van der Waals surface area contributed by atoms with E-state index in [1.165, 1.54) is 24.2 Å². The van der Waals surface area contributed by atoms with Crippen LogP contribution in [-0.2, 0) is 9.59 Å². The fraction of sp³-hybridized carbons (Fsp3) is 0.579. The van der Waals surface area contributed by atoms with Gasteiger partial charge in [-0.1, -0.05) is 13.3 Å². The lowest BCUT2D eigenvalue weighted by molar-refractivity contribution is -0.715. The van der Waals surface area contributed by atoms with Crippen LogP contribution in [-0.4, -0.2) is 30.5 Å². The fourth-order valence-corrected chi connectivity index (χ4v) is 3.86. The predicted molar refractivity (Wildman–Crippen MR) is 91.9 cm³/mol. The highest BCUT2D eigenvalue weighted by molar-refractivity contribution is 6.21. The van der Waals surface area contributed by atoms with Crippen molar-refractivity contribution in [1.29, 1.82) is 0 Å². The van der Waals surface area contributed by atoms with Gasteiger partial charge in [0.05, 0.1) is 24.8 Å². The first kappa shape index (κ1) is 17.0. The largest absolute Gasteiger partial charge is 0.494 e. The molecule has 5 heteroatoms. The second kappa shape index (κ2) is 7.34. The van der Waals surface area contributed by atoms with Gasteiger partial charge in [-0.2, -0.15) is 0 Å². The highest BCUT2D eigenvalue weighted by Gasteiger charge is 2.44. The minimum Gasteiger partial charge on any atom is -0.494 e. The number of hydrogen-bond donors (Lipinski definition) is 1. The van der Waals surface area contributed by atoms with Gasteiger partial charge in [0, 0.05) is 5.92 Å². The van der Waals surface area contributed by atoms with Crippen LogP contribution >= 0.6 is 0 Å². The van der Waals surface area contributed by atoms with E-state index < -0.39 is 0 Å². The number of quaternary nitrogens is 1. The van der Waals surface area contributed by atoms with Crippen molar-refractivity contribution in [2.45, 2.75) is 58.0 Å². The van der Waals surface area contributed by atoms with Crippen LogP contribution in [0.5, 0.6) is 5.75 Å². The van der Waals surface area contributed by atoms with Crippen LogP contribution in [0.1, 0.15) is 46.0 Å². The molecule has 3 rings (SSSR count). The molecule has 0 aromatic heterocycles. The molecule has 2 fully saturated rings. The van der Waals surface area contributed by atoms with E-state index in [-0.39, 0.29) is 17.9 Å². The van der Waals surface area contributed by atoms with Crippen molar-refractivity contribution in [2.24, 2.45) is 5.92 Å². The quantitative estimate of drug-likeness (QED) is 0.838. The number of ether oxygens (including phenoxy) is 1. The number of nitrogens with zero attached hydrogens (tertiary/aromatic N) is 1. The van der Waals surface area contributed by atoms with E-state index in [0.29, 0.717) is 30.7 Å². The molecule has 5 nitrogen and oxygen atoms in total. The maximum absolute atomic E-state index is 12.7. The van der Waals surface area contributed by atoms with Gasteiger partial charge in [-0.25, -0.2) is 4.90 Å². The van der Waals surface area contributed by atoms with E-state index in [9.17, 15) is 9.59 Å². The van der Waals surface area contributed by atoms with Gasteiger partial charge in [-0.15, -0.1) is 0 Å². The number of anilines is 1. The zero-order valence-corrected chi connectivity index (χ0v) is 14.5. The summed E-state index contributed by atoms with van der Waals surface area (Å²) in [6, 6.07) is 7.37. The molecule has 130 valence electrons. The summed E-state index contributed by atoms with van der Waals surface area (Å²) >= 11 is 0. The van der Waals surface area contributed by atoms with E-state index >= 15 is 0 Å². The number of benzene rings is 1. The second-order valence-electron chi connectivity index (χ2n) is 6.92. The van der Waals surface area contributed by atoms with Crippen LogP contribution < -0.4 is 15.0 Å². The summed E-state index contributed by atoms with van der Waals surface area (Å²) in [5.74, 6) is 1.18. The third kappa shape index (κ3) is 3.46. The van der Waals surface area contributed by atoms with Gasteiger partial charge < -0.3 is 10.1 Å². The number of carbonyl (C=O) groups is 2. The summed E-state index contributed by atoms with van der Waals surface area (Å²) in [7, 11) is 0. The number of nitrogens with two attached hydrogens (primary N) is 1. The van der Waals surface area contributed by atoms with Crippen molar-refractivity contribution in [3.63, 3.8) is 0 Å². The lowest BCUT2D eigenvalue weighted by Crippen LogP contribution is -2.97. The standard InChI is InChI=1S/C19H26N2O3/c1-3-24-15-10-8-14(9-11-15)21-18(22)12-17(19(21)23)20-16-7-5-4-6-13(16)2/h8-11,13,16-17,20H,3-7,12H2,1-2H3/p+1/t13-,16+,17+/m0/s1. The zero-order valence-electron chi connectivity index (χ0n) is 14.5. The van der Waals surface area contributed by atoms with E-state index in [2.05, 4.69) is 12.2 Å². The van der Waals surface area contributed by atoms with E-state index in [4.69, 9.17) is 4.74 Å². The van der Waals surface area contributed by atoms with Crippen molar-refractivity contribution in [2.75, 3.05) is 11.5 Å². The molecule has 24 heavy (non-hydrogen) atoms. The van der Waals surface area contributed by atoms with Crippen LogP contribution in [0, 0.1) is 5.92 Å². The Morgan fingerprint density at radius 3 is 2.54 bits per heavy atom. The zero-order chi connectivity index (χ0) is 17.1. The number of imide groups is 1. The molecule has 2 amide bonds. The van der Waals surface area contributed by atoms with Crippen molar-refractivity contribution >= 4 is 17.5 Å². The van der Waals surface area contributed by atoms with Crippen LogP contribution in [0.25, 0.3) is 0 Å². The van der Waals surface area contributed by atoms with Gasteiger partial charge in [-0.05, 0) is 50.5 Å². The Bertz CT molecular complexity index is 599. The molecule has 2 N–H and O–H groups in total. The molecule has 1 saturated carbocycles. The average Bonchev–Trinajstić information content (AvgIpc) is 2.85. The van der Waals surface area contributed by atoms with E-state index in [0.717, 1.165) is 12.2 Å². The third-order valence-corrected chi connectivity index (χ3v) is 5.24. The molecule has 0 radical (unpaired) electrons. The monoisotopic (exact) mass is 331 g/mol. The highest BCUT2D eigenvalue weighted by Crippen LogP contribution is 2.26. The summed E-state index contributed by atoms with van der Waals surface area (Å²) in [6.07, 6.45) is 5.17. The minimum atomic E-state index is -0.269. The smallest absolute Gasteiger partial charge is 0.292 e. The maximum atomic E-state index is 12.7. The first-order chi connectivity index (χ1) is 11.6. The molecule has 1 aliphatic heterocycles. The molecule has 1 aromatic rings. The molecule has 1 saturated heterocycles. The lowest BCUT2D eigenvalue weighted by atomic mass is 9.85. The molecule has 1 heterocycles. The second-order valence-corrected chi connectivity index (χ2v) is 6.92. The molecule has 0 bridgehead atoms. The Morgan fingerprint density at radius 2 is 1.88 bits per heavy atom. The van der Waals surface area contributed by atoms with Crippen LogP contribution in [0.15, 0.2) is 24.3 Å². The van der Waals surface area contributed by atoms with Gasteiger partial charge >= 0.3 is 0 Å². The first-order valence-corrected chi connectivity index (χ1v) is 9.04. The van der Waals surface area contributed by atoms with E-state index in [1.54, 1.807) is 24.3 Å². The topological polar surface area (TPSA) is 63.2 Å². The van der Waals surface area contributed by atoms with Gasteiger partial charge in [-0.3, -0.25) is 9.59 Å². The SMILES string of the molecule is CCOc1ccc(N2C(=O)C[C@@H]([NH2+][C@@H]3CCCC[C@@H]3C)C2=O)cc1. The molecule has 2 aliphatic rings. The normalized spacial score (nSPS) is 27.6. The van der Waals surface area contributed by atoms with Gasteiger partial charge in [0.2, 0.25) is 5.91 Å². The Balaban J connectivity index is 1.69. The van der Waals surface area contributed by atoms with Crippen LogP contribution in [0.4, 0.5) is 5.69 Å². The summed E-state index contributed by atoms with van der Waals surface area (Å²) in [6.45, 7) is 4.78. The summed E-state index contributed by atoms with van der Waals surface area (Å²) < 4.78 is 5.42. The van der Waals surface area contributed by atoms with Gasteiger partial charge in [0.15, 0.2) is 6.04 Å². The Kier molecular flexibility index (Phi) is 5.19. The molecule has 3 atom stereocenters. The Labute approximate surface area is 143 Å². The molecule has 0 spiro atoms. The first-order valence-electron chi connectivity index (χ1n) is 9.04. The summed E-state index contributed by atoms with van der Waals surface area (Å²) in [5.41, 5.74) is 0.640. The summed E-state index contributed by atoms with van der Waals surface area (Å²) in [5, 5.41) is 2.15. The van der Waals surface area contributed by atoms with Crippen LogP contribution in [0.3, 0.4) is 0 Å². The molecule has 0 unspecified atom stereocenters. The van der Waals surface area contributed by atoms with E-state index in [1.807, 2.05) is 6.92 Å². The van der Waals surface area contributed by atoms with Crippen molar-refractivity contribution in [1.82, 2.24) is 0 Å². The number of carbonyl (C=O) groups excluding carboxylic acids is 2. The number of rotatable bonds is 5. The van der Waals surface area contributed by atoms with Crippen molar-refractivity contribution in [3.05, 3.63) is 24.3 Å².